The van der Waals surface area contributed by atoms with E-state index < -0.39 is 30.4 Å². The average Bonchev–Trinajstić information content (AvgIpc) is 2.68. The maximum atomic E-state index is 16.1. The molecule has 0 atom stereocenters. The normalized spacial score (nSPS) is 12.8. The lowest BCUT2D eigenvalue weighted by Gasteiger charge is -2.25. The van der Waals surface area contributed by atoms with E-state index in [2.05, 4.69) is 0 Å². The minimum atomic E-state index is -4.75. The van der Waals surface area contributed by atoms with Gasteiger partial charge in [-0.25, -0.2) is 21.2 Å². The third-order valence-electron chi connectivity index (χ3n) is 4.49. The second kappa shape index (κ2) is 8.97. The van der Waals surface area contributed by atoms with Gasteiger partial charge in [0, 0.05) is 6.42 Å². The molecule has 0 fully saturated rings. The number of halogens is 1. The van der Waals surface area contributed by atoms with Gasteiger partial charge in [0.1, 0.15) is 0 Å². The van der Waals surface area contributed by atoms with Crippen LogP contribution < -0.4 is 0 Å². The van der Waals surface area contributed by atoms with Crippen molar-refractivity contribution >= 4 is 19.7 Å². The lowest BCUT2D eigenvalue weighted by molar-refractivity contribution is 0.327. The van der Waals surface area contributed by atoms with Gasteiger partial charge in [-0.05, 0) is 30.7 Å². The summed E-state index contributed by atoms with van der Waals surface area (Å²) in [6, 6.07) is 13.9. The van der Waals surface area contributed by atoms with E-state index in [4.69, 9.17) is 0 Å². The molecule has 0 unspecified atom stereocenters. The zero-order valence-corrected chi connectivity index (χ0v) is 17.0. The molecule has 0 heterocycles. The van der Waals surface area contributed by atoms with Crippen LogP contribution in [0, 0.1) is 0 Å². The molecule has 0 saturated carbocycles. The fourth-order valence-electron chi connectivity index (χ4n) is 2.90. The largest absolute Gasteiger partial charge is 0.317 e. The number of sulfone groups is 2. The standard InChI is InChI=1S/C20H25FO4S2/c1-2-3-4-5-12-17-20(21,26(22,23)18-13-8-6-9-14-18)27(24,25)19-15-10-7-11-16-19/h6-11,13-16H,2-5,12,17H2,1H3. The van der Waals surface area contributed by atoms with Gasteiger partial charge in [0.05, 0.1) is 9.79 Å². The SMILES string of the molecule is CCCCCCCC(F)(S(=O)(=O)c1ccccc1)S(=O)(=O)c1ccccc1. The molecule has 0 N–H and O–H groups in total. The minimum Gasteiger partial charge on any atom is -0.219 e. The Kier molecular flexibility index (Phi) is 7.17. The summed E-state index contributed by atoms with van der Waals surface area (Å²) in [4.78, 5) is -0.666. The number of unbranched alkanes of at least 4 members (excludes halogenated alkanes) is 4. The van der Waals surface area contributed by atoms with Gasteiger partial charge in [-0.15, -0.1) is 0 Å². The summed E-state index contributed by atoms with van der Waals surface area (Å²) < 4.78 is 64.8. The van der Waals surface area contributed by atoms with E-state index in [0.29, 0.717) is 6.42 Å². The average molecular weight is 413 g/mol. The molecule has 0 radical (unpaired) electrons. The van der Waals surface area contributed by atoms with Crippen molar-refractivity contribution in [2.75, 3.05) is 0 Å². The lowest BCUT2D eigenvalue weighted by atomic mass is 10.1. The summed E-state index contributed by atoms with van der Waals surface area (Å²) in [7, 11) is -9.51. The first-order valence-corrected chi connectivity index (χ1v) is 12.0. The van der Waals surface area contributed by atoms with Gasteiger partial charge in [0.15, 0.2) is 0 Å². The first-order chi connectivity index (χ1) is 12.8. The van der Waals surface area contributed by atoms with Crippen LogP contribution in [-0.4, -0.2) is 21.2 Å². The fourth-order valence-corrected chi connectivity index (χ4v) is 7.20. The van der Waals surface area contributed by atoms with Gasteiger partial charge >= 0.3 is 4.33 Å². The van der Waals surface area contributed by atoms with Crippen LogP contribution in [0.25, 0.3) is 0 Å². The van der Waals surface area contributed by atoms with Crippen molar-refractivity contribution in [3.8, 4) is 0 Å². The van der Waals surface area contributed by atoms with Gasteiger partial charge in [0.2, 0.25) is 19.7 Å². The molecule has 0 aliphatic heterocycles. The number of benzene rings is 2. The highest BCUT2D eigenvalue weighted by Crippen LogP contribution is 2.41. The van der Waals surface area contributed by atoms with Crippen LogP contribution in [0.2, 0.25) is 0 Å². The topological polar surface area (TPSA) is 68.3 Å². The Hall–Kier alpha value is -1.73. The zero-order chi connectivity index (χ0) is 20.0. The summed E-state index contributed by atoms with van der Waals surface area (Å²) in [5.41, 5.74) is 0. The highest BCUT2D eigenvalue weighted by atomic mass is 32.3. The fraction of sp³-hybridized carbons (Fsp3) is 0.400. The minimum absolute atomic E-state index is 0.175. The Morgan fingerprint density at radius 2 is 1.11 bits per heavy atom. The Balaban J connectivity index is 2.49. The van der Waals surface area contributed by atoms with Gasteiger partial charge in [-0.2, -0.15) is 0 Å². The van der Waals surface area contributed by atoms with E-state index in [1.54, 1.807) is 12.1 Å². The number of alkyl halides is 1. The molecule has 4 nitrogen and oxygen atoms in total. The van der Waals surface area contributed by atoms with Crippen molar-refractivity contribution in [3.63, 3.8) is 0 Å². The lowest BCUT2D eigenvalue weighted by Crippen LogP contribution is -2.42. The van der Waals surface area contributed by atoms with Crippen LogP contribution in [0.5, 0.6) is 0 Å². The molecule has 0 amide bonds. The molecule has 0 aromatic heterocycles. The molecule has 0 aliphatic rings. The van der Waals surface area contributed by atoms with Crippen molar-refractivity contribution in [1.29, 1.82) is 0 Å². The van der Waals surface area contributed by atoms with E-state index in [1.165, 1.54) is 48.5 Å². The van der Waals surface area contributed by atoms with Crippen molar-refractivity contribution in [2.45, 2.75) is 59.6 Å². The summed E-state index contributed by atoms with van der Waals surface area (Å²) in [5, 5.41) is 0. The van der Waals surface area contributed by atoms with Crippen LogP contribution >= 0.6 is 0 Å². The van der Waals surface area contributed by atoms with E-state index in [-0.39, 0.29) is 16.2 Å². The van der Waals surface area contributed by atoms with Gasteiger partial charge in [-0.3, -0.25) is 0 Å². The van der Waals surface area contributed by atoms with Crippen molar-refractivity contribution in [3.05, 3.63) is 60.7 Å². The Morgan fingerprint density at radius 1 is 0.704 bits per heavy atom. The molecule has 2 aromatic rings. The number of hydrogen-bond donors (Lipinski definition) is 0. The molecule has 0 bridgehead atoms. The van der Waals surface area contributed by atoms with E-state index in [1.807, 2.05) is 6.92 Å². The van der Waals surface area contributed by atoms with Crippen molar-refractivity contribution < 1.29 is 21.2 Å². The molecule has 2 aromatic carbocycles. The van der Waals surface area contributed by atoms with Crippen molar-refractivity contribution in [1.82, 2.24) is 0 Å². The maximum Gasteiger partial charge on any atom is 0.317 e. The molecule has 0 saturated heterocycles. The van der Waals surface area contributed by atoms with Crippen LogP contribution in [0.15, 0.2) is 70.5 Å². The monoisotopic (exact) mass is 412 g/mol. The van der Waals surface area contributed by atoms with Crippen LogP contribution in [0.3, 0.4) is 0 Å². The molecular weight excluding hydrogens is 387 g/mol. The Bertz CT molecular complexity index is 855. The van der Waals surface area contributed by atoms with Crippen LogP contribution in [-0.2, 0) is 19.7 Å². The van der Waals surface area contributed by atoms with Crippen LogP contribution in [0.1, 0.15) is 45.4 Å². The Labute approximate surface area is 161 Å². The molecule has 148 valence electrons. The molecule has 2 rings (SSSR count). The van der Waals surface area contributed by atoms with Gasteiger partial charge in [-0.1, -0.05) is 69.0 Å². The number of hydrogen-bond acceptors (Lipinski definition) is 4. The summed E-state index contributed by atoms with van der Waals surface area (Å²) in [6.45, 7) is 2.03. The van der Waals surface area contributed by atoms with E-state index >= 15 is 4.39 Å². The maximum absolute atomic E-state index is 16.1. The van der Waals surface area contributed by atoms with Crippen LogP contribution in [0.4, 0.5) is 4.39 Å². The summed E-state index contributed by atoms with van der Waals surface area (Å²) in [5.74, 6) is 0. The highest BCUT2D eigenvalue weighted by Gasteiger charge is 2.56. The Morgan fingerprint density at radius 3 is 1.52 bits per heavy atom. The second-order valence-electron chi connectivity index (χ2n) is 6.46. The first-order valence-electron chi connectivity index (χ1n) is 9.05. The van der Waals surface area contributed by atoms with Crippen molar-refractivity contribution in [2.24, 2.45) is 0 Å². The zero-order valence-electron chi connectivity index (χ0n) is 15.3. The highest BCUT2D eigenvalue weighted by molar-refractivity contribution is 8.10. The molecular formula is C20H25FO4S2. The summed E-state index contributed by atoms with van der Waals surface area (Å²) in [6.07, 6.45) is 2.89. The smallest absolute Gasteiger partial charge is 0.219 e. The van der Waals surface area contributed by atoms with Gasteiger partial charge < -0.3 is 0 Å². The quantitative estimate of drug-likeness (QED) is 0.520. The predicted molar refractivity (Wildman–Crippen MR) is 104 cm³/mol. The molecule has 0 aliphatic carbocycles. The molecule has 7 heteroatoms. The third kappa shape index (κ3) is 4.41. The van der Waals surface area contributed by atoms with E-state index in [9.17, 15) is 16.8 Å². The number of rotatable bonds is 10. The first kappa shape index (κ1) is 21.6. The summed E-state index contributed by atoms with van der Waals surface area (Å²) >= 11 is 0. The predicted octanol–water partition coefficient (Wildman–Crippen LogP) is 4.92. The third-order valence-corrected chi connectivity index (χ3v) is 9.60. The van der Waals surface area contributed by atoms with E-state index in [0.717, 1.165) is 19.3 Å². The molecule has 27 heavy (non-hydrogen) atoms. The second-order valence-corrected chi connectivity index (χ2v) is 11.0. The molecule has 0 spiro atoms. The van der Waals surface area contributed by atoms with Gasteiger partial charge in [0.25, 0.3) is 0 Å².